The number of benzene rings is 1. The van der Waals surface area contributed by atoms with Crippen LogP contribution in [0.4, 0.5) is 0 Å². The van der Waals surface area contributed by atoms with E-state index in [1.54, 1.807) is 0 Å². The first-order valence-electron chi connectivity index (χ1n) is 29.1. The summed E-state index contributed by atoms with van der Waals surface area (Å²) in [6.07, 6.45) is -69.6. The van der Waals surface area contributed by atoms with E-state index < -0.39 is 284 Å². The molecule has 0 saturated carbocycles. The van der Waals surface area contributed by atoms with Gasteiger partial charge < -0.3 is 194 Å². The Balaban J connectivity index is 0.000000637. The standard InChI is InChI=1S/C42H70O35.C10H12O5/c43-1-8-29-15(50)22(57)36(64-8)72-30-9(2-44)66-38(24(59)17(30)52)74-32-11(4-46)68-40(26(61)19(32)54)76-34-13(6-48)70-42(28(63)21(34)56)77-35-14(7-49)69-41(27(62)20(35)55)75-33-12(5-47)67-39(25(60)18(33)53)73-31-10(3-45)65-37(71-29)23(58)16(31)51;1-2-3-15-10(14)6-4-7(11)9(13)8(12)5-6/h8-63H,1-7H2;4-5,11-13H,2-3H2,1H3/t8-,9-,10-,11-,12-,13-,14-,15-,16-,17-,18-,19-,20-,21-,22-,23-,24-,25-,26-,27-,28-,29-,30-,31-,32-,33-,34-,35-,36-,37-,38-,39-,40-,41-,42-;/m1./s1. The number of rotatable bonds is 10. The van der Waals surface area contributed by atoms with E-state index >= 15 is 0 Å². The van der Waals surface area contributed by atoms with Crippen molar-refractivity contribution in [1.82, 2.24) is 0 Å². The van der Waals surface area contributed by atoms with Crippen LogP contribution in [0.2, 0.25) is 0 Å². The number of aromatic hydroxyl groups is 3. The molecule has 14 bridgehead atoms. The van der Waals surface area contributed by atoms with Crippen LogP contribution in [0.15, 0.2) is 12.1 Å². The zero-order valence-corrected chi connectivity index (χ0v) is 48.5. The fraction of sp³-hybridized carbons (Fsp3) is 0.865. The van der Waals surface area contributed by atoms with Crippen molar-refractivity contribution in [3.05, 3.63) is 17.7 Å². The lowest BCUT2D eigenvalue weighted by atomic mass is 9.95. The summed E-state index contributed by atoms with van der Waals surface area (Å²) in [4.78, 5) is 11.3. The molecule has 0 aliphatic carbocycles. The molecule has 0 amide bonds. The van der Waals surface area contributed by atoms with Gasteiger partial charge in [0.2, 0.25) is 0 Å². The lowest BCUT2D eigenvalue weighted by Gasteiger charge is -2.50. The van der Waals surface area contributed by atoms with Gasteiger partial charge in [0.15, 0.2) is 61.3 Å². The van der Waals surface area contributed by atoms with Gasteiger partial charge in [0.1, 0.15) is 171 Å². The molecule has 40 nitrogen and oxygen atoms in total. The SMILES string of the molecule is CCCOC(=O)c1cc(O)c(O)c(O)c1.OC[C@H]1O[C@@H]2O[C@H]3[C@H](O)[C@@H](O)[C@@H](O[C@H]4[C@H](O)[C@@H](O)[C@@H](O[C@H]5[C@H](O)[C@@H](O)[C@@H](O[C@H]6[C@H](O)[C@@H](O)[C@@H](O[C@H]7[C@H](O)[C@@H](O)[C@@H](O[C@H]8[C@H](O)[C@@H](O)[C@@H](O[C@H]1[C@H](O)[C@H]2O)O[C@@H]8CO)O[C@@H]7CO)O[C@@H]6CO)O[C@@H]5CO)O[C@@H]4CO)O[C@@H]3CO. The summed E-state index contributed by atoms with van der Waals surface area (Å²) in [5.41, 5.74) is -0.00347. The van der Waals surface area contributed by atoms with Crippen molar-refractivity contribution >= 4 is 5.97 Å². The van der Waals surface area contributed by atoms with E-state index in [0.29, 0.717) is 6.42 Å². The van der Waals surface area contributed by atoms with Gasteiger partial charge in [0, 0.05) is 0 Å². The Bertz CT molecular complexity index is 2070. The number of carbonyl (C=O) groups excluding carboxylic acids is 1. The summed E-state index contributed by atoms with van der Waals surface area (Å²) < 4.78 is 84.2. The Morgan fingerprint density at radius 1 is 0.315 bits per heavy atom. The number of ether oxygens (including phenoxy) is 15. The fourth-order valence-electron chi connectivity index (χ4n) is 11.4. The third kappa shape index (κ3) is 15.5. The molecule has 22 rings (SSSR count). The molecule has 1 aromatic carbocycles. The van der Waals surface area contributed by atoms with Gasteiger partial charge in [0.25, 0.3) is 0 Å². The first-order chi connectivity index (χ1) is 43.7. The average molecular weight is 1350 g/mol. The van der Waals surface area contributed by atoms with Crippen molar-refractivity contribution in [2.24, 2.45) is 0 Å². The van der Waals surface area contributed by atoms with Crippen molar-refractivity contribution in [1.29, 1.82) is 0 Å². The number of esters is 1. The molecule has 0 aromatic heterocycles. The van der Waals surface area contributed by atoms with Crippen LogP contribution in [0.5, 0.6) is 17.2 Å². The highest BCUT2D eigenvalue weighted by molar-refractivity contribution is 5.91. The number of phenols is 3. The molecule has 530 valence electrons. The first-order valence-corrected chi connectivity index (χ1v) is 29.1. The van der Waals surface area contributed by atoms with Crippen LogP contribution in [-0.4, -0.2) is 396 Å². The summed E-state index contributed by atoms with van der Waals surface area (Å²) in [6.45, 7) is -5.22. The minimum Gasteiger partial charge on any atom is -0.504 e. The second kappa shape index (κ2) is 32.4. The molecule has 21 aliphatic rings. The van der Waals surface area contributed by atoms with Gasteiger partial charge in [-0.15, -0.1) is 0 Å². The van der Waals surface area contributed by atoms with E-state index in [4.69, 9.17) is 86.4 Å². The van der Waals surface area contributed by atoms with Crippen LogP contribution in [0.1, 0.15) is 23.7 Å². The van der Waals surface area contributed by atoms with Crippen molar-refractivity contribution < 1.29 is 198 Å². The summed E-state index contributed by atoms with van der Waals surface area (Å²) in [5, 5.41) is 258. The average Bonchev–Trinajstić information content (AvgIpc) is 0.786. The quantitative estimate of drug-likeness (QED) is 0.0764. The van der Waals surface area contributed by atoms with Gasteiger partial charge in [0.05, 0.1) is 58.4 Å². The number of phenolic OH excluding ortho intramolecular Hbond substituents is 3. The zero-order valence-electron chi connectivity index (χ0n) is 48.5. The monoisotopic (exact) mass is 1350 g/mol. The molecule has 21 saturated heterocycles. The molecule has 24 N–H and O–H groups in total. The summed E-state index contributed by atoms with van der Waals surface area (Å²) >= 11 is 0. The lowest BCUT2D eigenvalue weighted by Crippen LogP contribution is -2.68. The Morgan fingerprint density at radius 3 is 0.641 bits per heavy atom. The molecule has 1 aromatic rings. The number of hydrogen-bond donors (Lipinski definition) is 24. The molecule has 21 fully saturated rings. The highest BCUT2D eigenvalue weighted by atomic mass is 16.8. The normalized spacial score (nSPS) is 48.0. The van der Waals surface area contributed by atoms with Gasteiger partial charge in [-0.25, -0.2) is 4.79 Å². The lowest BCUT2D eigenvalue weighted by molar-refractivity contribution is -0.396. The minimum atomic E-state index is -2.21. The number of aliphatic hydroxyl groups is 21. The van der Waals surface area contributed by atoms with Crippen LogP contribution in [0.3, 0.4) is 0 Å². The van der Waals surface area contributed by atoms with Gasteiger partial charge in [-0.2, -0.15) is 0 Å². The van der Waals surface area contributed by atoms with E-state index in [1.807, 2.05) is 6.92 Å². The van der Waals surface area contributed by atoms with Crippen LogP contribution < -0.4 is 0 Å². The third-order valence-electron chi connectivity index (χ3n) is 16.5. The predicted octanol–water partition coefficient (Wildman–Crippen LogP) is -13.9. The number of hydrogen-bond acceptors (Lipinski definition) is 40. The Labute approximate surface area is 519 Å². The van der Waals surface area contributed by atoms with Crippen LogP contribution in [0, 0.1) is 0 Å². The second-order valence-corrected chi connectivity index (χ2v) is 22.7. The maximum absolute atomic E-state index is 11.3. The largest absolute Gasteiger partial charge is 0.504 e. The molecule has 40 heteroatoms. The van der Waals surface area contributed by atoms with E-state index in [0.717, 1.165) is 12.1 Å². The van der Waals surface area contributed by atoms with Crippen molar-refractivity contribution in [2.45, 2.75) is 228 Å². The first kappa shape index (κ1) is 74.5. The van der Waals surface area contributed by atoms with Gasteiger partial charge >= 0.3 is 5.97 Å². The van der Waals surface area contributed by atoms with Gasteiger partial charge in [-0.05, 0) is 18.6 Å². The third-order valence-corrected chi connectivity index (χ3v) is 16.5. The molecular formula is C52H82O40. The van der Waals surface area contributed by atoms with Crippen LogP contribution in [0.25, 0.3) is 0 Å². The zero-order chi connectivity index (χ0) is 67.5. The topological polar surface area (TPSA) is 641 Å². The van der Waals surface area contributed by atoms with Crippen molar-refractivity contribution in [2.75, 3.05) is 52.9 Å². The van der Waals surface area contributed by atoms with Crippen LogP contribution >= 0.6 is 0 Å². The molecule has 21 heterocycles. The van der Waals surface area contributed by atoms with Crippen LogP contribution in [-0.2, 0) is 71.1 Å². The smallest absolute Gasteiger partial charge is 0.338 e. The van der Waals surface area contributed by atoms with E-state index in [9.17, 15) is 112 Å². The second-order valence-electron chi connectivity index (χ2n) is 22.7. The Hall–Kier alpha value is -3.31. The van der Waals surface area contributed by atoms with E-state index in [1.165, 1.54) is 0 Å². The molecular weight excluding hydrogens is 1260 g/mol. The highest BCUT2D eigenvalue weighted by Crippen LogP contribution is 2.40. The maximum atomic E-state index is 11.3. The molecule has 0 unspecified atom stereocenters. The summed E-state index contributed by atoms with van der Waals surface area (Å²) in [6, 6.07) is 2.07. The number of carbonyl (C=O) groups is 1. The van der Waals surface area contributed by atoms with Crippen molar-refractivity contribution in [3.63, 3.8) is 0 Å². The molecule has 0 radical (unpaired) electrons. The summed E-state index contributed by atoms with van der Waals surface area (Å²) in [7, 11) is 0. The van der Waals surface area contributed by atoms with E-state index in [-0.39, 0.29) is 12.2 Å². The molecule has 35 atom stereocenters. The Kier molecular flexibility index (Phi) is 26.2. The molecule has 21 aliphatic heterocycles. The molecule has 92 heavy (non-hydrogen) atoms. The molecule has 0 spiro atoms. The van der Waals surface area contributed by atoms with Gasteiger partial charge in [-0.1, -0.05) is 6.92 Å². The Morgan fingerprint density at radius 2 is 0.489 bits per heavy atom. The maximum Gasteiger partial charge on any atom is 0.338 e. The predicted molar refractivity (Wildman–Crippen MR) is 280 cm³/mol. The summed E-state index contributed by atoms with van der Waals surface area (Å²) in [5.74, 6) is -2.42. The minimum absolute atomic E-state index is 0.00347. The van der Waals surface area contributed by atoms with Crippen molar-refractivity contribution in [3.8, 4) is 17.2 Å². The fourth-order valence-corrected chi connectivity index (χ4v) is 11.4. The highest BCUT2D eigenvalue weighted by Gasteiger charge is 2.59. The van der Waals surface area contributed by atoms with E-state index in [2.05, 4.69) is 0 Å². The van der Waals surface area contributed by atoms with Gasteiger partial charge in [-0.3, -0.25) is 0 Å². The number of aliphatic hydroxyl groups excluding tert-OH is 21.